The Morgan fingerprint density at radius 2 is 1.10 bits per heavy atom. The van der Waals surface area contributed by atoms with Gasteiger partial charge in [0.15, 0.2) is 0 Å². The van der Waals surface area contributed by atoms with E-state index in [4.69, 9.17) is 9.47 Å². The van der Waals surface area contributed by atoms with Crippen LogP contribution in [0.15, 0.2) is 36.4 Å². The predicted molar refractivity (Wildman–Crippen MR) is 140 cm³/mol. The van der Waals surface area contributed by atoms with Gasteiger partial charge in [0, 0.05) is 11.0 Å². The Hall–Kier alpha value is -4.88. The van der Waals surface area contributed by atoms with E-state index in [0.717, 1.165) is 24.3 Å². The molecular weight excluding hydrogens is 570 g/mol. The van der Waals surface area contributed by atoms with Crippen molar-refractivity contribution in [2.24, 2.45) is 0 Å². The van der Waals surface area contributed by atoms with E-state index in [0.29, 0.717) is 0 Å². The van der Waals surface area contributed by atoms with Crippen LogP contribution >= 0.6 is 0 Å². The summed E-state index contributed by atoms with van der Waals surface area (Å²) >= 11 is 0. The minimum Gasteiger partial charge on any atom is -0.462 e. The molecule has 2 aliphatic heterocycles. The molecule has 3 aromatic rings. The molecule has 5 rings (SSSR count). The zero-order valence-electron chi connectivity index (χ0n) is 21.8. The Kier molecular flexibility index (Phi) is 7.16. The standard InChI is InChI=1S/C28H20F6N4O4/c1-3-41-25(39)21-19-11-13-5-7-15(35-13)23(27(29,30)31)17-9-10-18(37-17)24(28(32,33)34)16-8-6-14(36-16)12-20(38-19)22(21)26(40)42-4-2/h5-12,35-36H,3-4H2,1-2H3. The van der Waals surface area contributed by atoms with Gasteiger partial charge in [-0.15, -0.1) is 0 Å². The molecule has 2 N–H and O–H groups in total. The first-order chi connectivity index (χ1) is 19.8. The number of H-pyrrole nitrogens is 2. The number of carbonyl (C=O) groups excluding carboxylic acids is 2. The Morgan fingerprint density at radius 3 is 1.45 bits per heavy atom. The van der Waals surface area contributed by atoms with E-state index < -0.39 is 57.8 Å². The van der Waals surface area contributed by atoms with E-state index in [2.05, 4.69) is 19.9 Å². The summed E-state index contributed by atoms with van der Waals surface area (Å²) in [4.78, 5) is 39.2. The highest BCUT2D eigenvalue weighted by molar-refractivity contribution is 6.38. The van der Waals surface area contributed by atoms with Crippen LogP contribution in [0.5, 0.6) is 0 Å². The highest BCUT2D eigenvalue weighted by Crippen LogP contribution is 2.40. The number of ether oxygens (including phenoxy) is 2. The van der Waals surface area contributed by atoms with Crippen LogP contribution in [0.2, 0.25) is 0 Å². The molecule has 3 aromatic heterocycles. The molecule has 42 heavy (non-hydrogen) atoms. The van der Waals surface area contributed by atoms with Gasteiger partial charge >= 0.3 is 24.3 Å². The second-order valence-electron chi connectivity index (χ2n) is 8.98. The lowest BCUT2D eigenvalue weighted by Crippen LogP contribution is -2.12. The number of hydrogen-bond donors (Lipinski definition) is 2. The summed E-state index contributed by atoms with van der Waals surface area (Å²) in [6.07, 6.45) is -8.31. The van der Waals surface area contributed by atoms with Crippen molar-refractivity contribution in [1.82, 2.24) is 19.9 Å². The molecule has 5 heterocycles. The Labute approximate surface area is 232 Å². The second-order valence-corrected chi connectivity index (χ2v) is 8.98. The third-order valence-electron chi connectivity index (χ3n) is 6.22. The van der Waals surface area contributed by atoms with Crippen molar-refractivity contribution in [3.63, 3.8) is 0 Å². The van der Waals surface area contributed by atoms with Crippen LogP contribution in [0.4, 0.5) is 26.3 Å². The van der Waals surface area contributed by atoms with Gasteiger partial charge in [-0.25, -0.2) is 19.6 Å². The number of hydrogen-bond acceptors (Lipinski definition) is 6. The number of aromatic amines is 2. The smallest absolute Gasteiger partial charge is 0.420 e. The third kappa shape index (κ3) is 5.27. The van der Waals surface area contributed by atoms with Crippen molar-refractivity contribution in [1.29, 1.82) is 0 Å². The Bertz CT molecular complexity index is 1700. The van der Waals surface area contributed by atoms with Gasteiger partial charge in [0.2, 0.25) is 0 Å². The number of nitrogens with one attached hydrogen (secondary N) is 2. The molecule has 0 amide bonds. The first-order valence-electron chi connectivity index (χ1n) is 12.5. The fourth-order valence-electron chi connectivity index (χ4n) is 4.62. The summed E-state index contributed by atoms with van der Waals surface area (Å²) in [6, 6.07) is 7.13. The van der Waals surface area contributed by atoms with Gasteiger partial charge in [-0.05, 0) is 62.4 Å². The zero-order chi connectivity index (χ0) is 30.4. The molecule has 8 bridgehead atoms. The maximum Gasteiger partial charge on any atom is 0.420 e. The van der Waals surface area contributed by atoms with Gasteiger partial charge in [-0.2, -0.15) is 26.3 Å². The van der Waals surface area contributed by atoms with Crippen molar-refractivity contribution in [3.8, 4) is 0 Å². The van der Waals surface area contributed by atoms with Crippen molar-refractivity contribution in [2.45, 2.75) is 26.2 Å². The maximum atomic E-state index is 14.3. The molecular formula is C28H20F6N4O4. The average Bonchev–Trinajstić information content (AvgIpc) is 3.67. The summed E-state index contributed by atoms with van der Waals surface area (Å²) in [5.41, 5.74) is -5.91. The summed E-state index contributed by atoms with van der Waals surface area (Å²) in [5.74, 6) is -1.92. The molecule has 0 fully saturated rings. The molecule has 0 aromatic carbocycles. The molecule has 218 valence electrons. The summed E-state index contributed by atoms with van der Waals surface area (Å²) < 4.78 is 95.7. The molecule has 0 radical (unpaired) electrons. The van der Waals surface area contributed by atoms with Crippen LogP contribution in [0.25, 0.3) is 45.4 Å². The van der Waals surface area contributed by atoms with Crippen molar-refractivity contribution < 1.29 is 45.4 Å². The van der Waals surface area contributed by atoms with Gasteiger partial charge < -0.3 is 19.4 Å². The normalized spacial score (nSPS) is 13.4. The van der Waals surface area contributed by atoms with Crippen molar-refractivity contribution >= 4 is 57.3 Å². The highest BCUT2D eigenvalue weighted by Gasteiger charge is 2.39. The number of halogens is 6. The number of nitrogens with zero attached hydrogens (tertiary/aromatic N) is 2. The van der Waals surface area contributed by atoms with E-state index >= 15 is 0 Å². The number of alkyl halides is 6. The van der Waals surface area contributed by atoms with Crippen LogP contribution in [0.1, 0.15) is 47.8 Å². The second kappa shape index (κ2) is 10.5. The fourth-order valence-corrected chi connectivity index (χ4v) is 4.62. The zero-order valence-corrected chi connectivity index (χ0v) is 21.8. The minimum absolute atomic E-state index is 0.0420. The maximum absolute atomic E-state index is 14.3. The predicted octanol–water partition coefficient (Wildman–Crippen LogP) is 6.56. The lowest BCUT2D eigenvalue weighted by atomic mass is 10.1. The van der Waals surface area contributed by atoms with Gasteiger partial charge in [0.1, 0.15) is 22.3 Å². The van der Waals surface area contributed by atoms with Crippen molar-refractivity contribution in [2.75, 3.05) is 13.2 Å². The van der Waals surface area contributed by atoms with Gasteiger partial charge in [0.25, 0.3) is 0 Å². The third-order valence-corrected chi connectivity index (χ3v) is 6.22. The monoisotopic (exact) mass is 590 g/mol. The molecule has 0 atom stereocenters. The lowest BCUT2D eigenvalue weighted by molar-refractivity contribution is -0.138. The molecule has 0 unspecified atom stereocenters. The quantitative estimate of drug-likeness (QED) is 0.206. The number of esters is 2. The molecule has 14 heteroatoms. The SMILES string of the molecule is CCOC(=O)C1=C(C(=O)OCC)c2cc3ccc([nH]3)c(C(F)(F)F)c3nc(c(C(F)(F)F)c4ccc(cc1n2)[nH]4)C=C3. The summed E-state index contributed by atoms with van der Waals surface area (Å²) in [6.45, 7) is 2.90. The molecule has 0 aliphatic carbocycles. The highest BCUT2D eigenvalue weighted by atomic mass is 19.4. The molecule has 0 spiro atoms. The largest absolute Gasteiger partial charge is 0.462 e. The first kappa shape index (κ1) is 28.6. The Balaban J connectivity index is 1.98. The van der Waals surface area contributed by atoms with E-state index in [1.165, 1.54) is 38.1 Å². The van der Waals surface area contributed by atoms with Crippen LogP contribution in [-0.4, -0.2) is 45.1 Å². The summed E-state index contributed by atoms with van der Waals surface area (Å²) in [5, 5.41) is 0. The number of rotatable bonds is 4. The van der Waals surface area contributed by atoms with Crippen LogP contribution in [0.3, 0.4) is 0 Å². The topological polar surface area (TPSA) is 110 Å². The van der Waals surface area contributed by atoms with Crippen LogP contribution in [0, 0.1) is 0 Å². The Morgan fingerprint density at radius 1 is 0.690 bits per heavy atom. The number of fused-ring (bicyclic) bond motifs is 8. The van der Waals surface area contributed by atoms with E-state index in [1.807, 2.05) is 0 Å². The number of carbonyl (C=O) groups is 2. The molecule has 2 aliphatic rings. The number of aromatic nitrogens is 4. The van der Waals surface area contributed by atoms with Crippen LogP contribution < -0.4 is 0 Å². The minimum atomic E-state index is -5.02. The molecule has 0 saturated carbocycles. The van der Waals surface area contributed by atoms with Gasteiger partial charge in [-0.3, -0.25) is 0 Å². The molecule has 8 nitrogen and oxygen atoms in total. The van der Waals surface area contributed by atoms with Gasteiger partial charge in [0.05, 0.1) is 47.0 Å². The van der Waals surface area contributed by atoms with Crippen molar-refractivity contribution in [3.05, 3.63) is 70.3 Å². The van der Waals surface area contributed by atoms with E-state index in [9.17, 15) is 35.9 Å². The summed E-state index contributed by atoms with van der Waals surface area (Å²) in [7, 11) is 0. The molecule has 0 saturated heterocycles. The van der Waals surface area contributed by atoms with Crippen LogP contribution in [-0.2, 0) is 31.4 Å². The lowest BCUT2D eigenvalue weighted by Gasteiger charge is -2.08. The first-order valence-corrected chi connectivity index (χ1v) is 12.5. The van der Waals surface area contributed by atoms with E-state index in [1.54, 1.807) is 0 Å². The van der Waals surface area contributed by atoms with E-state index in [-0.39, 0.29) is 46.8 Å². The fraction of sp³-hybridized carbons (Fsp3) is 0.214. The average molecular weight is 590 g/mol. The van der Waals surface area contributed by atoms with Gasteiger partial charge in [-0.1, -0.05) is 0 Å².